The number of hydrogen-bond acceptors (Lipinski definition) is 0. The van der Waals surface area contributed by atoms with Gasteiger partial charge in [0.05, 0.1) is 0 Å². The Labute approximate surface area is 143 Å². The van der Waals surface area contributed by atoms with Gasteiger partial charge < -0.3 is 9.79 Å². The molecule has 1 aromatic rings. The molecule has 0 aromatic heterocycles. The molecule has 1 atom stereocenters. The first kappa shape index (κ1) is 20.3. The molecular formula is C17H31O2PS2. The van der Waals surface area contributed by atoms with Crippen LogP contribution in [-0.4, -0.2) is 15.5 Å². The minimum Gasteiger partial charge on any atom is -0.341 e. The fourth-order valence-electron chi connectivity index (χ4n) is 2.55. The van der Waals surface area contributed by atoms with E-state index >= 15 is 0 Å². The van der Waals surface area contributed by atoms with Crippen molar-refractivity contribution in [2.75, 3.05) is 5.75 Å². The Morgan fingerprint density at radius 3 is 2.32 bits per heavy atom. The maximum Gasteiger partial charge on any atom is 0.203 e. The van der Waals surface area contributed by atoms with E-state index in [0.717, 1.165) is 29.9 Å². The first-order chi connectivity index (χ1) is 10.4. The molecule has 0 aliphatic heterocycles. The van der Waals surface area contributed by atoms with Gasteiger partial charge in [-0.15, -0.1) is 10.1 Å². The monoisotopic (exact) mass is 362 g/mol. The molecule has 0 radical (unpaired) electrons. The number of benzene rings is 1. The van der Waals surface area contributed by atoms with Gasteiger partial charge in [-0.2, -0.15) is 0 Å². The van der Waals surface area contributed by atoms with Crippen molar-refractivity contribution in [1.82, 2.24) is 0 Å². The Bertz CT molecular complexity index is 501. The predicted octanol–water partition coefficient (Wildman–Crippen LogP) is 5.42. The van der Waals surface area contributed by atoms with Gasteiger partial charge in [0, 0.05) is 4.90 Å². The van der Waals surface area contributed by atoms with Crippen LogP contribution in [0, 0.1) is 5.92 Å². The summed E-state index contributed by atoms with van der Waals surface area (Å²) >= 11 is 4.18. The highest BCUT2D eigenvalue weighted by atomic mass is 32.9. The van der Waals surface area contributed by atoms with Crippen LogP contribution < -0.4 is 0 Å². The molecule has 0 aliphatic rings. The van der Waals surface area contributed by atoms with Crippen molar-refractivity contribution >= 4 is 28.0 Å². The molecule has 0 bridgehead atoms. The van der Waals surface area contributed by atoms with Crippen LogP contribution in [0.5, 0.6) is 0 Å². The van der Waals surface area contributed by atoms with E-state index in [9.17, 15) is 9.79 Å². The summed E-state index contributed by atoms with van der Waals surface area (Å²) in [7, 11) is -0.552. The highest BCUT2D eigenvalue weighted by Crippen LogP contribution is 2.50. The predicted molar refractivity (Wildman–Crippen MR) is 105 cm³/mol. The van der Waals surface area contributed by atoms with Gasteiger partial charge in [0.25, 0.3) is 0 Å². The highest BCUT2D eigenvalue weighted by Gasteiger charge is 2.16. The molecule has 2 nitrogen and oxygen atoms in total. The van der Waals surface area contributed by atoms with Crippen molar-refractivity contribution in [3.05, 3.63) is 29.8 Å². The molecular weight excluding hydrogens is 331 g/mol. The van der Waals surface area contributed by atoms with Gasteiger partial charge in [0.15, 0.2) is 0 Å². The standard InChI is InChI=1S/C17H31O2PS2/c1-4-5-6-7-10-13-22(20(18,19)21)17-12-9-8-11-16(17)14-15(2)3/h8-9,11-12,15,18-19,21H,4-7,10,13-14H2,1-3H3. The van der Waals surface area contributed by atoms with Crippen LogP contribution in [0.4, 0.5) is 0 Å². The van der Waals surface area contributed by atoms with Gasteiger partial charge in [-0.25, -0.2) is 0 Å². The van der Waals surface area contributed by atoms with Crippen molar-refractivity contribution < 1.29 is 9.79 Å². The molecule has 0 saturated heterocycles. The summed E-state index contributed by atoms with van der Waals surface area (Å²) in [6, 6.07) is 8.22. The quantitative estimate of drug-likeness (QED) is 0.312. The molecule has 2 N–H and O–H groups in total. The summed E-state index contributed by atoms with van der Waals surface area (Å²) in [4.78, 5) is 21.6. The summed E-state index contributed by atoms with van der Waals surface area (Å²) in [6.07, 6.45) is 6.91. The summed E-state index contributed by atoms with van der Waals surface area (Å²) in [6.45, 7) is 6.60. The molecule has 0 aliphatic carbocycles. The third kappa shape index (κ3) is 7.23. The van der Waals surface area contributed by atoms with Gasteiger partial charge in [-0.1, -0.05) is 76.9 Å². The lowest BCUT2D eigenvalue weighted by atomic mass is 10.0. The third-order valence-electron chi connectivity index (χ3n) is 3.59. The van der Waals surface area contributed by atoms with Crippen LogP contribution in [0.1, 0.15) is 58.4 Å². The minimum absolute atomic E-state index is 0.552. The van der Waals surface area contributed by atoms with E-state index in [-0.39, 0.29) is 0 Å². The fourth-order valence-corrected chi connectivity index (χ4v) is 8.42. The van der Waals surface area contributed by atoms with Crippen LogP contribution >= 0.6 is 17.9 Å². The average Bonchev–Trinajstić information content (AvgIpc) is 2.42. The van der Waals surface area contributed by atoms with Crippen LogP contribution in [0.3, 0.4) is 0 Å². The largest absolute Gasteiger partial charge is 0.341 e. The fraction of sp³-hybridized carbons (Fsp3) is 0.647. The van der Waals surface area contributed by atoms with Crippen molar-refractivity contribution in [1.29, 1.82) is 0 Å². The zero-order chi connectivity index (χ0) is 16.6. The zero-order valence-electron chi connectivity index (χ0n) is 14.0. The molecule has 0 heterocycles. The molecule has 0 saturated carbocycles. The number of unbranched alkanes of at least 4 members (excludes halogenated alkanes) is 4. The summed E-state index contributed by atoms with van der Waals surface area (Å²) < 4.78 is 0. The smallest absolute Gasteiger partial charge is 0.203 e. The lowest BCUT2D eigenvalue weighted by Crippen LogP contribution is -2.05. The van der Waals surface area contributed by atoms with E-state index in [1.54, 1.807) is 0 Å². The van der Waals surface area contributed by atoms with E-state index in [2.05, 4.69) is 45.2 Å². The molecule has 1 aromatic carbocycles. The Kier molecular flexibility index (Phi) is 9.42. The van der Waals surface area contributed by atoms with Gasteiger partial charge in [-0.05, 0) is 36.1 Å². The Morgan fingerprint density at radius 2 is 1.73 bits per heavy atom. The Morgan fingerprint density at radius 1 is 1.09 bits per heavy atom. The van der Waals surface area contributed by atoms with E-state index in [4.69, 9.17) is 0 Å². The molecule has 5 heteroatoms. The van der Waals surface area contributed by atoms with Gasteiger partial charge in [0.1, 0.15) is 0 Å². The van der Waals surface area contributed by atoms with Crippen LogP contribution in [0.25, 0.3) is 0 Å². The molecule has 22 heavy (non-hydrogen) atoms. The number of hydrogen-bond donors (Lipinski definition) is 3. The maximum absolute atomic E-state index is 10.2. The molecule has 1 unspecified atom stereocenters. The van der Waals surface area contributed by atoms with Gasteiger partial charge in [-0.3, -0.25) is 0 Å². The van der Waals surface area contributed by atoms with E-state index < -0.39 is 15.8 Å². The van der Waals surface area contributed by atoms with Crippen molar-refractivity contribution in [2.24, 2.45) is 5.92 Å². The normalized spacial score (nSPS) is 13.6. The number of thiol groups is 1. The van der Waals surface area contributed by atoms with Gasteiger partial charge >= 0.3 is 0 Å². The summed E-state index contributed by atoms with van der Waals surface area (Å²) in [5, 5.41) is 0. The van der Waals surface area contributed by atoms with Crippen molar-refractivity contribution in [3.63, 3.8) is 0 Å². The zero-order valence-corrected chi connectivity index (χ0v) is 16.6. The second-order valence-electron chi connectivity index (χ2n) is 6.20. The van der Waals surface area contributed by atoms with Crippen LogP contribution in [0.2, 0.25) is 0 Å². The lowest BCUT2D eigenvalue weighted by Gasteiger charge is -2.20. The first-order valence-corrected chi connectivity index (χ1v) is 13.1. The van der Waals surface area contributed by atoms with Crippen molar-refractivity contribution in [2.45, 2.75) is 64.2 Å². The third-order valence-corrected chi connectivity index (χ3v) is 10.5. The lowest BCUT2D eigenvalue weighted by molar-refractivity contribution is 0.502. The topological polar surface area (TPSA) is 40.5 Å². The van der Waals surface area contributed by atoms with E-state index in [1.165, 1.54) is 24.8 Å². The van der Waals surface area contributed by atoms with E-state index in [1.807, 2.05) is 12.1 Å². The molecule has 0 spiro atoms. The Balaban J connectivity index is 2.95. The molecule has 0 fully saturated rings. The SMILES string of the molecule is CCCCCCCS(c1ccccc1CC(C)C)=P(O)(O)S. The Hall–Kier alpha value is 0.270. The maximum atomic E-state index is 10.2. The second-order valence-corrected chi connectivity index (χ2v) is 14.1. The van der Waals surface area contributed by atoms with Crippen molar-refractivity contribution in [3.8, 4) is 0 Å². The molecule has 128 valence electrons. The number of rotatable bonds is 9. The van der Waals surface area contributed by atoms with E-state index in [0.29, 0.717) is 5.92 Å². The summed E-state index contributed by atoms with van der Waals surface area (Å²) in [5.41, 5.74) is -1.91. The van der Waals surface area contributed by atoms with Crippen LogP contribution in [-0.2, 0) is 16.5 Å². The minimum atomic E-state index is -3.15. The average molecular weight is 363 g/mol. The molecule has 0 amide bonds. The van der Waals surface area contributed by atoms with Gasteiger partial charge in [0.2, 0.25) is 5.69 Å². The summed E-state index contributed by atoms with van der Waals surface area (Å²) in [5.74, 6) is 1.39. The molecule has 1 rings (SSSR count). The van der Waals surface area contributed by atoms with Crippen LogP contribution in [0.15, 0.2) is 29.2 Å². The second kappa shape index (κ2) is 10.2. The first-order valence-electron chi connectivity index (χ1n) is 8.23. The highest BCUT2D eigenvalue weighted by molar-refractivity contribution is 8.65.